The summed E-state index contributed by atoms with van der Waals surface area (Å²) in [5.41, 5.74) is 0.915. The van der Waals surface area contributed by atoms with Crippen LogP contribution in [0.25, 0.3) is 0 Å². The highest BCUT2D eigenvalue weighted by Gasteiger charge is 2.09. The third kappa shape index (κ3) is 9.50. The number of aromatic nitrogens is 1. The maximum absolute atomic E-state index is 13.0. The molecular formula is C22H31FIN5O2. The zero-order valence-electron chi connectivity index (χ0n) is 18.2. The number of nitrogens with zero attached hydrogens (tertiary/aromatic N) is 3. The topological polar surface area (TPSA) is 78.9 Å². The minimum atomic E-state index is -0.314. The third-order valence-electron chi connectivity index (χ3n) is 4.35. The van der Waals surface area contributed by atoms with E-state index in [4.69, 9.17) is 4.74 Å². The molecule has 0 atom stereocenters. The summed E-state index contributed by atoms with van der Waals surface area (Å²) in [6.45, 7) is 9.05. The van der Waals surface area contributed by atoms with E-state index in [-0.39, 0.29) is 35.7 Å². The molecule has 31 heavy (non-hydrogen) atoms. The van der Waals surface area contributed by atoms with Gasteiger partial charge in [0.15, 0.2) is 5.96 Å². The van der Waals surface area contributed by atoms with E-state index in [1.807, 2.05) is 31.7 Å². The van der Waals surface area contributed by atoms with Gasteiger partial charge in [0.2, 0.25) is 11.8 Å². The predicted octanol–water partition coefficient (Wildman–Crippen LogP) is 3.94. The van der Waals surface area contributed by atoms with Crippen molar-refractivity contribution in [1.82, 2.24) is 20.5 Å². The molecule has 0 aliphatic carbocycles. The summed E-state index contributed by atoms with van der Waals surface area (Å²) < 4.78 is 18.5. The molecule has 0 saturated carbocycles. The molecule has 0 spiro atoms. The number of rotatable bonds is 10. The third-order valence-corrected chi connectivity index (χ3v) is 4.35. The number of hydrogen-bond donors (Lipinski definition) is 2. The van der Waals surface area contributed by atoms with Crippen LogP contribution >= 0.6 is 24.0 Å². The molecule has 0 unspecified atom stereocenters. The van der Waals surface area contributed by atoms with Crippen LogP contribution in [0.3, 0.4) is 0 Å². The molecule has 0 bridgehead atoms. The highest BCUT2D eigenvalue weighted by molar-refractivity contribution is 14.0. The van der Waals surface area contributed by atoms with Crippen LogP contribution in [0.4, 0.5) is 4.39 Å². The number of hydrogen-bond acceptors (Lipinski definition) is 4. The van der Waals surface area contributed by atoms with Crippen LogP contribution in [0.1, 0.15) is 32.8 Å². The lowest BCUT2D eigenvalue weighted by molar-refractivity contribution is -0.130. The SMILES string of the molecule is CCNC(=NCc1ccc(Oc2ccc(F)cc2)nc1)NCCC(=O)N(CC)CC.I. The molecule has 2 aromatic rings. The Kier molecular flexibility index (Phi) is 12.5. The monoisotopic (exact) mass is 543 g/mol. The van der Waals surface area contributed by atoms with E-state index in [1.54, 1.807) is 24.4 Å². The van der Waals surface area contributed by atoms with Gasteiger partial charge in [0.1, 0.15) is 11.6 Å². The number of guanidine groups is 1. The summed E-state index contributed by atoms with van der Waals surface area (Å²) in [4.78, 5) is 22.7. The standard InChI is InChI=1S/C22H30FN5O2.HI/c1-4-24-22(25-14-13-21(29)28(5-2)6-3)27-16-17-7-12-20(26-15-17)30-19-10-8-18(23)9-11-19;/h7-12,15H,4-6,13-14,16H2,1-3H3,(H2,24,25,27);1H. The molecule has 0 fully saturated rings. The first-order valence-corrected chi connectivity index (χ1v) is 10.2. The molecule has 1 aromatic carbocycles. The second-order valence-corrected chi connectivity index (χ2v) is 6.50. The smallest absolute Gasteiger partial charge is 0.224 e. The normalized spacial score (nSPS) is 10.8. The van der Waals surface area contributed by atoms with Crippen LogP contribution in [-0.4, -0.2) is 47.9 Å². The summed E-state index contributed by atoms with van der Waals surface area (Å²) in [7, 11) is 0. The Hall–Kier alpha value is -2.43. The number of ether oxygens (including phenoxy) is 1. The average Bonchev–Trinajstić information content (AvgIpc) is 2.75. The van der Waals surface area contributed by atoms with Crippen molar-refractivity contribution in [3.63, 3.8) is 0 Å². The first-order chi connectivity index (χ1) is 14.5. The summed E-state index contributed by atoms with van der Waals surface area (Å²) in [5, 5.41) is 6.36. The molecule has 0 radical (unpaired) electrons. The first-order valence-electron chi connectivity index (χ1n) is 10.2. The van der Waals surface area contributed by atoms with Crippen LogP contribution in [0, 0.1) is 5.82 Å². The fourth-order valence-electron chi connectivity index (χ4n) is 2.72. The molecule has 7 nitrogen and oxygen atoms in total. The summed E-state index contributed by atoms with van der Waals surface area (Å²) in [6, 6.07) is 9.40. The van der Waals surface area contributed by atoms with E-state index in [2.05, 4.69) is 20.6 Å². The van der Waals surface area contributed by atoms with E-state index >= 15 is 0 Å². The van der Waals surface area contributed by atoms with Crippen LogP contribution in [-0.2, 0) is 11.3 Å². The first kappa shape index (κ1) is 26.6. The molecule has 0 aliphatic rings. The van der Waals surface area contributed by atoms with Crippen molar-refractivity contribution >= 4 is 35.8 Å². The Labute approximate surface area is 200 Å². The Morgan fingerprint density at radius 2 is 1.81 bits per heavy atom. The van der Waals surface area contributed by atoms with Crippen molar-refractivity contribution in [3.05, 3.63) is 54.0 Å². The largest absolute Gasteiger partial charge is 0.439 e. The Morgan fingerprint density at radius 3 is 2.39 bits per heavy atom. The van der Waals surface area contributed by atoms with E-state index in [1.165, 1.54) is 12.1 Å². The maximum Gasteiger partial charge on any atom is 0.224 e. The van der Waals surface area contributed by atoms with E-state index < -0.39 is 0 Å². The number of amides is 1. The van der Waals surface area contributed by atoms with Crippen LogP contribution < -0.4 is 15.4 Å². The van der Waals surface area contributed by atoms with Crippen molar-refractivity contribution < 1.29 is 13.9 Å². The lowest BCUT2D eigenvalue weighted by atomic mass is 10.3. The van der Waals surface area contributed by atoms with Crippen LogP contribution in [0.2, 0.25) is 0 Å². The molecule has 1 aromatic heterocycles. The van der Waals surface area contributed by atoms with Crippen molar-refractivity contribution in [2.24, 2.45) is 4.99 Å². The van der Waals surface area contributed by atoms with Gasteiger partial charge in [-0.05, 0) is 50.6 Å². The molecule has 0 aliphatic heterocycles. The number of halogens is 2. The molecule has 1 amide bonds. The van der Waals surface area contributed by atoms with Crippen LogP contribution in [0.5, 0.6) is 11.6 Å². The molecule has 2 N–H and O–H groups in total. The van der Waals surface area contributed by atoms with Gasteiger partial charge in [-0.2, -0.15) is 0 Å². The highest BCUT2D eigenvalue weighted by atomic mass is 127. The quantitative estimate of drug-likeness (QED) is 0.270. The zero-order chi connectivity index (χ0) is 21.8. The minimum Gasteiger partial charge on any atom is -0.439 e. The number of carbonyl (C=O) groups excluding carboxylic acids is 1. The van der Waals surface area contributed by atoms with Gasteiger partial charge in [-0.25, -0.2) is 14.4 Å². The Bertz CT molecular complexity index is 812. The van der Waals surface area contributed by atoms with Gasteiger partial charge in [0.25, 0.3) is 0 Å². The van der Waals surface area contributed by atoms with Crippen LogP contribution in [0.15, 0.2) is 47.6 Å². The summed E-state index contributed by atoms with van der Waals surface area (Å²) in [6.07, 6.45) is 2.11. The van der Waals surface area contributed by atoms with Crippen molar-refractivity contribution in [3.8, 4) is 11.6 Å². The van der Waals surface area contributed by atoms with E-state index in [0.717, 1.165) is 25.2 Å². The van der Waals surface area contributed by atoms with Gasteiger partial charge in [-0.3, -0.25) is 4.79 Å². The van der Waals surface area contributed by atoms with Crippen molar-refractivity contribution in [1.29, 1.82) is 0 Å². The van der Waals surface area contributed by atoms with E-state index in [9.17, 15) is 9.18 Å². The average molecular weight is 543 g/mol. The van der Waals surface area contributed by atoms with Gasteiger partial charge in [0, 0.05) is 44.9 Å². The van der Waals surface area contributed by atoms with E-state index in [0.29, 0.717) is 37.1 Å². The number of carbonyl (C=O) groups is 1. The maximum atomic E-state index is 13.0. The molecule has 0 saturated heterocycles. The lowest BCUT2D eigenvalue weighted by Gasteiger charge is -2.19. The molecule has 2 rings (SSSR count). The summed E-state index contributed by atoms with van der Waals surface area (Å²) in [5.74, 6) is 1.41. The second kappa shape index (κ2) is 14.6. The van der Waals surface area contributed by atoms with Gasteiger partial charge >= 0.3 is 0 Å². The molecular weight excluding hydrogens is 512 g/mol. The highest BCUT2D eigenvalue weighted by Crippen LogP contribution is 2.19. The van der Waals surface area contributed by atoms with Gasteiger partial charge < -0.3 is 20.3 Å². The number of aliphatic imine (C=N–C) groups is 1. The zero-order valence-corrected chi connectivity index (χ0v) is 20.6. The number of benzene rings is 1. The second-order valence-electron chi connectivity index (χ2n) is 6.50. The molecule has 1 heterocycles. The summed E-state index contributed by atoms with van der Waals surface area (Å²) >= 11 is 0. The van der Waals surface area contributed by atoms with Crippen molar-refractivity contribution in [2.45, 2.75) is 33.7 Å². The lowest BCUT2D eigenvalue weighted by Crippen LogP contribution is -2.40. The fourth-order valence-corrected chi connectivity index (χ4v) is 2.72. The predicted molar refractivity (Wildman–Crippen MR) is 131 cm³/mol. The number of pyridine rings is 1. The fraction of sp³-hybridized carbons (Fsp3) is 0.409. The Morgan fingerprint density at radius 1 is 1.10 bits per heavy atom. The molecule has 170 valence electrons. The van der Waals surface area contributed by atoms with Crippen molar-refractivity contribution in [2.75, 3.05) is 26.2 Å². The van der Waals surface area contributed by atoms with Gasteiger partial charge in [-0.15, -0.1) is 24.0 Å². The number of nitrogens with one attached hydrogen (secondary N) is 2. The Balaban J connectivity index is 0.00000480. The van der Waals surface area contributed by atoms with Gasteiger partial charge in [0.05, 0.1) is 6.54 Å². The molecule has 9 heteroatoms. The van der Waals surface area contributed by atoms with Gasteiger partial charge in [-0.1, -0.05) is 6.07 Å². The minimum absolute atomic E-state index is 0.